The minimum atomic E-state index is -1.15. The summed E-state index contributed by atoms with van der Waals surface area (Å²) in [5.41, 5.74) is 0.709. The number of nitrogens with zero attached hydrogens (tertiary/aromatic N) is 1. The van der Waals surface area contributed by atoms with E-state index < -0.39 is 13.1 Å². The van der Waals surface area contributed by atoms with Gasteiger partial charge < -0.3 is 29.7 Å². The number of nitrogens with one attached hydrogen (secondary N) is 2. The summed E-state index contributed by atoms with van der Waals surface area (Å²) in [7, 11) is -0.995. The van der Waals surface area contributed by atoms with Gasteiger partial charge >= 0.3 is 13.1 Å². The largest absolute Gasteiger partial charge is 0.535 e. The van der Waals surface area contributed by atoms with Crippen LogP contribution in [0.3, 0.4) is 0 Å². The molecule has 2 heterocycles. The zero-order chi connectivity index (χ0) is 17.3. The van der Waals surface area contributed by atoms with Crippen molar-refractivity contribution < 1.29 is 24.3 Å². The SMILES string of the molecule is CCNC(=N)N1CC(Oc2ccc3c(c2C(=O)O)OB(O)CC3)C1. The number of aryl methyl sites for hydroxylation is 1. The van der Waals surface area contributed by atoms with Crippen LogP contribution in [0.15, 0.2) is 12.1 Å². The summed E-state index contributed by atoms with van der Waals surface area (Å²) in [4.78, 5) is 13.5. The van der Waals surface area contributed by atoms with Gasteiger partial charge in [-0.2, -0.15) is 0 Å². The molecule has 0 radical (unpaired) electrons. The highest BCUT2D eigenvalue weighted by molar-refractivity contribution is 6.44. The minimum Gasteiger partial charge on any atom is -0.535 e. The second-order valence-corrected chi connectivity index (χ2v) is 5.87. The Kier molecular flexibility index (Phi) is 4.52. The van der Waals surface area contributed by atoms with Crippen molar-refractivity contribution in [2.75, 3.05) is 19.6 Å². The Morgan fingerprint density at radius 3 is 2.96 bits per heavy atom. The monoisotopic (exact) mass is 333 g/mol. The van der Waals surface area contributed by atoms with Crippen LogP contribution < -0.4 is 14.7 Å². The summed E-state index contributed by atoms with van der Waals surface area (Å²) in [6.07, 6.45) is 0.818. The van der Waals surface area contributed by atoms with Crippen molar-refractivity contribution in [2.24, 2.45) is 0 Å². The van der Waals surface area contributed by atoms with Crippen molar-refractivity contribution in [1.29, 1.82) is 5.41 Å². The number of carboxylic acid groups (broad SMARTS) is 1. The van der Waals surface area contributed by atoms with E-state index in [1.165, 1.54) is 0 Å². The molecule has 0 atom stereocenters. The van der Waals surface area contributed by atoms with E-state index in [0.29, 0.717) is 38.3 Å². The molecule has 8 nitrogen and oxygen atoms in total. The van der Waals surface area contributed by atoms with Crippen LogP contribution in [0, 0.1) is 5.41 Å². The molecule has 1 saturated heterocycles. The molecule has 1 aromatic carbocycles. The number of benzene rings is 1. The van der Waals surface area contributed by atoms with Crippen LogP contribution >= 0.6 is 0 Å². The van der Waals surface area contributed by atoms with Crippen molar-refractivity contribution in [3.63, 3.8) is 0 Å². The maximum Gasteiger partial charge on any atom is 0.522 e. The van der Waals surface area contributed by atoms with Gasteiger partial charge in [-0.25, -0.2) is 4.79 Å². The fourth-order valence-corrected chi connectivity index (χ4v) is 2.87. The molecule has 0 aromatic heterocycles. The van der Waals surface area contributed by atoms with Crippen LogP contribution in [0.4, 0.5) is 0 Å². The molecular formula is C15H20BN3O5. The summed E-state index contributed by atoms with van der Waals surface area (Å²) >= 11 is 0. The highest BCUT2D eigenvalue weighted by atomic mass is 16.5. The van der Waals surface area contributed by atoms with Crippen molar-refractivity contribution in [3.05, 3.63) is 23.3 Å². The molecule has 24 heavy (non-hydrogen) atoms. The number of carboxylic acids is 1. The number of guanidine groups is 1. The molecule has 2 aliphatic heterocycles. The lowest BCUT2D eigenvalue weighted by molar-refractivity contribution is 0.0580. The average molecular weight is 333 g/mol. The van der Waals surface area contributed by atoms with Crippen LogP contribution in [-0.2, 0) is 6.42 Å². The number of hydrogen-bond donors (Lipinski definition) is 4. The van der Waals surface area contributed by atoms with Crippen LogP contribution in [0.25, 0.3) is 0 Å². The Morgan fingerprint density at radius 1 is 1.54 bits per heavy atom. The van der Waals surface area contributed by atoms with E-state index >= 15 is 0 Å². The molecule has 9 heteroatoms. The number of likely N-dealkylation sites (tertiary alicyclic amines) is 1. The second kappa shape index (κ2) is 6.60. The molecule has 4 N–H and O–H groups in total. The van der Waals surface area contributed by atoms with Crippen molar-refractivity contribution in [3.8, 4) is 11.5 Å². The highest BCUT2D eigenvalue weighted by Gasteiger charge is 2.34. The molecule has 2 aliphatic rings. The lowest BCUT2D eigenvalue weighted by Gasteiger charge is -2.40. The van der Waals surface area contributed by atoms with E-state index in [1.807, 2.05) is 11.8 Å². The number of rotatable bonds is 4. The predicted molar refractivity (Wildman–Crippen MR) is 87.9 cm³/mol. The molecule has 3 rings (SSSR count). The van der Waals surface area contributed by atoms with E-state index in [9.17, 15) is 14.9 Å². The average Bonchev–Trinajstić information content (AvgIpc) is 2.49. The molecule has 0 spiro atoms. The Morgan fingerprint density at radius 2 is 2.29 bits per heavy atom. The maximum absolute atomic E-state index is 11.6. The summed E-state index contributed by atoms with van der Waals surface area (Å²) < 4.78 is 11.1. The van der Waals surface area contributed by atoms with Crippen LogP contribution in [-0.4, -0.2) is 59.8 Å². The van der Waals surface area contributed by atoms with Crippen LogP contribution in [0.2, 0.25) is 6.32 Å². The standard InChI is InChI=1S/C15H20BN3O5/c1-2-18-15(17)19-7-10(8-19)23-11-4-3-9-5-6-16(22)24-13(9)12(11)14(20)21/h3-4,10,22H,2,5-8H2,1H3,(H2,17,18)(H,20,21). The number of carbonyl (C=O) groups is 1. The molecule has 0 unspecified atom stereocenters. The fraction of sp³-hybridized carbons (Fsp3) is 0.467. The Hall–Kier alpha value is -2.42. The first-order valence-corrected chi connectivity index (χ1v) is 7.97. The van der Waals surface area contributed by atoms with E-state index in [2.05, 4.69) is 5.32 Å². The van der Waals surface area contributed by atoms with Gasteiger partial charge in [-0.3, -0.25) is 5.41 Å². The number of hydrogen-bond acceptors (Lipinski definition) is 5. The smallest absolute Gasteiger partial charge is 0.522 e. The van der Waals surface area contributed by atoms with Crippen LogP contribution in [0.1, 0.15) is 22.8 Å². The van der Waals surface area contributed by atoms with E-state index in [1.54, 1.807) is 12.1 Å². The van der Waals surface area contributed by atoms with E-state index in [0.717, 1.165) is 5.56 Å². The maximum atomic E-state index is 11.6. The third-order valence-corrected chi connectivity index (χ3v) is 4.13. The van der Waals surface area contributed by atoms with Gasteiger partial charge in [-0.1, -0.05) is 6.07 Å². The summed E-state index contributed by atoms with van der Waals surface area (Å²) in [6.45, 7) is 3.63. The summed E-state index contributed by atoms with van der Waals surface area (Å²) in [6, 6.07) is 3.42. The molecule has 128 valence electrons. The van der Waals surface area contributed by atoms with Gasteiger partial charge in [-0.15, -0.1) is 0 Å². The first kappa shape index (κ1) is 16.4. The van der Waals surface area contributed by atoms with Gasteiger partial charge in [0.15, 0.2) is 5.96 Å². The van der Waals surface area contributed by atoms with Crippen LogP contribution in [0.5, 0.6) is 11.5 Å². The molecule has 1 aromatic rings. The molecule has 0 aliphatic carbocycles. The number of aromatic carboxylic acids is 1. The molecular weight excluding hydrogens is 313 g/mol. The Bertz CT molecular complexity index is 663. The molecule has 0 saturated carbocycles. The summed E-state index contributed by atoms with van der Waals surface area (Å²) in [5.74, 6) is -0.384. The van der Waals surface area contributed by atoms with E-state index in [-0.39, 0.29) is 23.2 Å². The third kappa shape index (κ3) is 3.12. The topological polar surface area (TPSA) is 115 Å². The lowest BCUT2D eigenvalue weighted by atomic mass is 9.78. The van der Waals surface area contributed by atoms with Gasteiger partial charge in [0.25, 0.3) is 0 Å². The van der Waals surface area contributed by atoms with Gasteiger partial charge in [0.1, 0.15) is 23.2 Å². The fourth-order valence-electron chi connectivity index (χ4n) is 2.87. The Labute approximate surface area is 140 Å². The summed E-state index contributed by atoms with van der Waals surface area (Å²) in [5, 5.41) is 29.9. The van der Waals surface area contributed by atoms with Gasteiger partial charge in [0.05, 0.1) is 13.1 Å². The predicted octanol–water partition coefficient (Wildman–Crippen LogP) is 0.407. The van der Waals surface area contributed by atoms with E-state index in [4.69, 9.17) is 14.8 Å². The Balaban J connectivity index is 1.74. The van der Waals surface area contributed by atoms with Crippen molar-refractivity contribution in [2.45, 2.75) is 25.8 Å². The van der Waals surface area contributed by atoms with Crippen molar-refractivity contribution >= 4 is 19.0 Å². The first-order valence-electron chi connectivity index (χ1n) is 7.97. The zero-order valence-corrected chi connectivity index (χ0v) is 13.4. The molecule has 0 bridgehead atoms. The van der Waals surface area contributed by atoms with Gasteiger partial charge in [0.2, 0.25) is 0 Å². The second-order valence-electron chi connectivity index (χ2n) is 5.87. The third-order valence-electron chi connectivity index (χ3n) is 4.13. The van der Waals surface area contributed by atoms with Crippen molar-refractivity contribution in [1.82, 2.24) is 10.2 Å². The normalized spacial score (nSPS) is 16.8. The molecule has 0 amide bonds. The quantitative estimate of drug-likeness (QED) is 0.358. The van der Waals surface area contributed by atoms with Gasteiger partial charge in [0, 0.05) is 6.54 Å². The highest BCUT2D eigenvalue weighted by Crippen LogP contribution is 2.37. The van der Waals surface area contributed by atoms with Gasteiger partial charge in [-0.05, 0) is 31.3 Å². The number of ether oxygens (including phenoxy) is 1. The lowest BCUT2D eigenvalue weighted by Crippen LogP contribution is -2.59. The number of fused-ring (bicyclic) bond motifs is 1. The first-order chi connectivity index (χ1) is 11.5. The zero-order valence-electron chi connectivity index (χ0n) is 13.4. The minimum absolute atomic E-state index is 0.0496. The molecule has 1 fully saturated rings.